The van der Waals surface area contributed by atoms with Crippen LogP contribution in [-0.2, 0) is 9.53 Å². The van der Waals surface area contributed by atoms with Crippen LogP contribution in [0.2, 0.25) is 0 Å². The average Bonchev–Trinajstić information content (AvgIpc) is 2.51. The molecule has 2 rings (SSSR count). The van der Waals surface area contributed by atoms with Crippen LogP contribution < -0.4 is 0 Å². The number of ether oxygens (including phenoxy) is 1. The molecule has 0 radical (unpaired) electrons. The van der Waals surface area contributed by atoms with Crippen molar-refractivity contribution in [3.8, 4) is 0 Å². The first-order chi connectivity index (χ1) is 10.2. The number of aliphatic hydroxyl groups excluding tert-OH is 1. The summed E-state index contributed by atoms with van der Waals surface area (Å²) in [5.74, 6) is -0.660. The molecule has 0 saturated carbocycles. The first-order valence-electron chi connectivity index (χ1n) is 7.06. The van der Waals surface area contributed by atoms with Gasteiger partial charge in [0.25, 0.3) is 0 Å². The van der Waals surface area contributed by atoms with E-state index in [-0.39, 0.29) is 18.4 Å². The van der Waals surface area contributed by atoms with Gasteiger partial charge in [0.15, 0.2) is 0 Å². The van der Waals surface area contributed by atoms with E-state index in [0.29, 0.717) is 19.6 Å². The molecule has 1 aliphatic rings. The van der Waals surface area contributed by atoms with Gasteiger partial charge in [-0.2, -0.15) is 0 Å². The highest BCUT2D eigenvalue weighted by atomic mass is 19.1. The minimum atomic E-state index is -0.508. The molecule has 1 fully saturated rings. The van der Waals surface area contributed by atoms with Gasteiger partial charge < -0.3 is 9.84 Å². The van der Waals surface area contributed by atoms with E-state index in [4.69, 9.17) is 9.84 Å². The number of hydrogen-bond acceptors (Lipinski definition) is 5. The Hall–Kier alpha value is -1.50. The number of esters is 1. The van der Waals surface area contributed by atoms with Crippen LogP contribution in [0.3, 0.4) is 0 Å². The fraction of sp³-hybridized carbons (Fsp3) is 0.533. The van der Waals surface area contributed by atoms with Crippen molar-refractivity contribution in [2.24, 2.45) is 0 Å². The van der Waals surface area contributed by atoms with E-state index in [0.717, 1.165) is 18.7 Å². The van der Waals surface area contributed by atoms with Crippen molar-refractivity contribution in [3.63, 3.8) is 0 Å². The lowest BCUT2D eigenvalue weighted by atomic mass is 10.0. The number of carbonyl (C=O) groups is 1. The van der Waals surface area contributed by atoms with E-state index in [1.54, 1.807) is 12.1 Å². The molecule has 1 atom stereocenters. The maximum Gasteiger partial charge on any atom is 0.327 e. The minimum Gasteiger partial charge on any atom is -0.468 e. The lowest BCUT2D eigenvalue weighted by molar-refractivity contribution is -0.148. The Kier molecular flexibility index (Phi) is 5.67. The Balaban J connectivity index is 2.10. The Morgan fingerprint density at radius 3 is 2.43 bits per heavy atom. The summed E-state index contributed by atoms with van der Waals surface area (Å²) in [6.45, 7) is 3.77. The van der Waals surface area contributed by atoms with E-state index in [9.17, 15) is 9.18 Å². The number of hydrogen-bond donors (Lipinski definition) is 1. The fourth-order valence-corrected chi connectivity index (χ4v) is 2.64. The van der Waals surface area contributed by atoms with Gasteiger partial charge in [-0.1, -0.05) is 12.1 Å². The van der Waals surface area contributed by atoms with Gasteiger partial charge in [0.1, 0.15) is 11.9 Å². The SMILES string of the molecule is COC(=O)C(c1ccc(F)cc1)N1CCN(CCO)CC1. The van der Waals surface area contributed by atoms with Crippen molar-refractivity contribution in [2.75, 3.05) is 46.4 Å². The Morgan fingerprint density at radius 2 is 1.90 bits per heavy atom. The van der Waals surface area contributed by atoms with Gasteiger partial charge in [-0.05, 0) is 17.7 Å². The second-order valence-corrected chi connectivity index (χ2v) is 5.08. The first-order valence-corrected chi connectivity index (χ1v) is 7.06. The van der Waals surface area contributed by atoms with Gasteiger partial charge in [0.05, 0.1) is 13.7 Å². The number of carbonyl (C=O) groups excluding carboxylic acids is 1. The predicted molar refractivity (Wildman–Crippen MR) is 76.3 cm³/mol. The highest BCUT2D eigenvalue weighted by Crippen LogP contribution is 2.24. The monoisotopic (exact) mass is 296 g/mol. The summed E-state index contributed by atoms with van der Waals surface area (Å²) >= 11 is 0. The number of benzene rings is 1. The van der Waals surface area contributed by atoms with Crippen molar-refractivity contribution in [1.29, 1.82) is 0 Å². The second-order valence-electron chi connectivity index (χ2n) is 5.08. The Morgan fingerprint density at radius 1 is 1.29 bits per heavy atom. The van der Waals surface area contributed by atoms with Crippen LogP contribution in [0.4, 0.5) is 4.39 Å². The van der Waals surface area contributed by atoms with E-state index >= 15 is 0 Å². The van der Waals surface area contributed by atoms with Crippen molar-refractivity contribution in [2.45, 2.75) is 6.04 Å². The zero-order valence-electron chi connectivity index (χ0n) is 12.2. The van der Waals surface area contributed by atoms with Crippen molar-refractivity contribution >= 4 is 5.97 Å². The summed E-state index contributed by atoms with van der Waals surface area (Å²) < 4.78 is 17.9. The molecule has 116 valence electrons. The second kappa shape index (κ2) is 7.49. The van der Waals surface area contributed by atoms with Gasteiger partial charge >= 0.3 is 5.97 Å². The zero-order chi connectivity index (χ0) is 15.2. The number of halogens is 1. The largest absolute Gasteiger partial charge is 0.468 e. The predicted octanol–water partition coefficient (Wildman–Crippen LogP) is 0.650. The third-order valence-electron chi connectivity index (χ3n) is 3.80. The van der Waals surface area contributed by atoms with Gasteiger partial charge in [0, 0.05) is 32.7 Å². The average molecular weight is 296 g/mol. The Labute approximate surface area is 123 Å². The number of rotatable bonds is 5. The van der Waals surface area contributed by atoms with Crippen LogP contribution >= 0.6 is 0 Å². The standard InChI is InChI=1S/C15H21FN2O3/c1-21-15(20)14(12-2-4-13(16)5-3-12)18-8-6-17(7-9-18)10-11-19/h2-5,14,19H,6-11H2,1H3. The van der Waals surface area contributed by atoms with Crippen LogP contribution in [0, 0.1) is 5.82 Å². The molecule has 0 bridgehead atoms. The first kappa shape index (κ1) is 15.9. The number of nitrogens with zero attached hydrogens (tertiary/aromatic N) is 2. The normalized spacial score (nSPS) is 18.4. The molecule has 5 nitrogen and oxygen atoms in total. The molecule has 1 N–H and O–H groups in total. The quantitative estimate of drug-likeness (QED) is 0.809. The molecule has 0 aliphatic carbocycles. The van der Waals surface area contributed by atoms with Crippen molar-refractivity contribution in [1.82, 2.24) is 9.80 Å². The van der Waals surface area contributed by atoms with Crippen LogP contribution in [0.25, 0.3) is 0 Å². The third kappa shape index (κ3) is 4.00. The van der Waals surface area contributed by atoms with Crippen LogP contribution in [-0.4, -0.2) is 67.3 Å². The van der Waals surface area contributed by atoms with Gasteiger partial charge in [0.2, 0.25) is 0 Å². The minimum absolute atomic E-state index is 0.137. The molecule has 0 amide bonds. The Bertz CT molecular complexity index is 458. The van der Waals surface area contributed by atoms with Crippen LogP contribution in [0.1, 0.15) is 11.6 Å². The number of β-amino-alcohol motifs (C(OH)–C–C–N with tert-alkyl or cyclic N) is 1. The number of aliphatic hydroxyl groups is 1. The summed E-state index contributed by atoms with van der Waals surface area (Å²) in [6, 6.07) is 5.45. The molecule has 21 heavy (non-hydrogen) atoms. The van der Waals surface area contributed by atoms with Crippen molar-refractivity contribution in [3.05, 3.63) is 35.6 Å². The van der Waals surface area contributed by atoms with E-state index < -0.39 is 6.04 Å². The summed E-state index contributed by atoms with van der Waals surface area (Å²) in [4.78, 5) is 16.3. The van der Waals surface area contributed by atoms with Gasteiger partial charge in [-0.3, -0.25) is 9.80 Å². The summed E-state index contributed by atoms with van der Waals surface area (Å²) in [7, 11) is 1.36. The van der Waals surface area contributed by atoms with Crippen LogP contribution in [0.5, 0.6) is 0 Å². The van der Waals surface area contributed by atoms with E-state index in [2.05, 4.69) is 4.90 Å². The molecular formula is C15H21FN2O3. The zero-order valence-corrected chi connectivity index (χ0v) is 12.2. The molecule has 1 aliphatic heterocycles. The highest BCUT2D eigenvalue weighted by molar-refractivity contribution is 5.77. The topological polar surface area (TPSA) is 53.0 Å². The summed E-state index contributed by atoms with van der Waals surface area (Å²) in [5, 5.41) is 8.96. The third-order valence-corrected chi connectivity index (χ3v) is 3.80. The molecule has 6 heteroatoms. The molecule has 1 aromatic rings. The van der Waals surface area contributed by atoms with Gasteiger partial charge in [-0.25, -0.2) is 9.18 Å². The van der Waals surface area contributed by atoms with E-state index in [1.165, 1.54) is 19.2 Å². The molecule has 1 unspecified atom stereocenters. The summed E-state index contributed by atoms with van der Waals surface area (Å²) in [5.41, 5.74) is 0.735. The number of piperazine rings is 1. The maximum absolute atomic E-state index is 13.1. The van der Waals surface area contributed by atoms with Crippen molar-refractivity contribution < 1.29 is 19.0 Å². The van der Waals surface area contributed by atoms with Gasteiger partial charge in [-0.15, -0.1) is 0 Å². The molecule has 0 aromatic heterocycles. The fourth-order valence-electron chi connectivity index (χ4n) is 2.64. The summed E-state index contributed by atoms with van der Waals surface area (Å²) in [6.07, 6.45) is 0. The van der Waals surface area contributed by atoms with Crippen LogP contribution in [0.15, 0.2) is 24.3 Å². The van der Waals surface area contributed by atoms with E-state index in [1.807, 2.05) is 4.90 Å². The smallest absolute Gasteiger partial charge is 0.327 e. The molecule has 0 spiro atoms. The lowest BCUT2D eigenvalue weighted by Gasteiger charge is -2.38. The number of methoxy groups -OCH3 is 1. The molecule has 1 saturated heterocycles. The molecular weight excluding hydrogens is 275 g/mol. The molecule has 1 aromatic carbocycles. The lowest BCUT2D eigenvalue weighted by Crippen LogP contribution is -2.49. The maximum atomic E-state index is 13.1. The molecule has 1 heterocycles. The highest BCUT2D eigenvalue weighted by Gasteiger charge is 2.31.